The Morgan fingerprint density at radius 3 is 2.29 bits per heavy atom. The van der Waals surface area contributed by atoms with Crippen molar-refractivity contribution >= 4 is 16.8 Å². The van der Waals surface area contributed by atoms with Crippen LogP contribution in [-0.2, 0) is 10.9 Å². The molecular formula is C10H20N4O2S. The number of nitrogens with zero attached hydrogens (tertiary/aromatic N) is 2. The molecule has 0 aromatic carbocycles. The number of fused-ring (bicyclic) bond motifs is 2. The molecule has 2 heterocycles. The first-order valence-electron chi connectivity index (χ1n) is 6.00. The van der Waals surface area contributed by atoms with Gasteiger partial charge in [0.2, 0.25) is 10.9 Å². The highest BCUT2D eigenvalue weighted by molar-refractivity contribution is 7.69. The van der Waals surface area contributed by atoms with E-state index in [1.807, 2.05) is 7.05 Å². The molecule has 0 unspecified atom stereocenters. The molecule has 0 spiro atoms. The molecule has 6 nitrogen and oxygen atoms in total. The van der Waals surface area contributed by atoms with Gasteiger partial charge in [-0.05, 0) is 25.7 Å². The molecule has 17 heavy (non-hydrogen) atoms. The van der Waals surface area contributed by atoms with E-state index >= 15 is 0 Å². The molecule has 2 saturated heterocycles. The van der Waals surface area contributed by atoms with E-state index < -0.39 is 10.9 Å². The van der Waals surface area contributed by atoms with Crippen LogP contribution in [-0.4, -0.2) is 48.8 Å². The second-order valence-corrected chi connectivity index (χ2v) is 5.92. The lowest BCUT2D eigenvalue weighted by molar-refractivity contribution is 0.0803. The molecule has 2 fully saturated rings. The maximum Gasteiger partial charge on any atom is 0.204 e. The zero-order valence-corrected chi connectivity index (χ0v) is 10.9. The quantitative estimate of drug-likeness (QED) is 0.362. The van der Waals surface area contributed by atoms with Gasteiger partial charge in [0.15, 0.2) is 5.96 Å². The highest BCUT2D eigenvalue weighted by Gasteiger charge is 2.41. The Kier molecular flexibility index (Phi) is 3.58. The van der Waals surface area contributed by atoms with Gasteiger partial charge in [-0.3, -0.25) is 5.41 Å². The zero-order chi connectivity index (χ0) is 12.6. The number of thiol groups is 1. The van der Waals surface area contributed by atoms with Crippen molar-refractivity contribution in [1.29, 1.82) is 5.41 Å². The fourth-order valence-electron chi connectivity index (χ4n) is 3.11. The average Bonchev–Trinajstić information content (AvgIpc) is 2.25. The van der Waals surface area contributed by atoms with Crippen LogP contribution in [0.15, 0.2) is 0 Å². The van der Waals surface area contributed by atoms with Crippen LogP contribution in [0.5, 0.6) is 0 Å². The Labute approximate surface area is 103 Å². The van der Waals surface area contributed by atoms with Gasteiger partial charge in [-0.2, -0.15) is 4.31 Å². The van der Waals surface area contributed by atoms with Crippen LogP contribution in [0.25, 0.3) is 0 Å². The van der Waals surface area contributed by atoms with E-state index in [4.69, 9.17) is 11.1 Å². The molecule has 0 radical (unpaired) electrons. The summed E-state index contributed by atoms with van der Waals surface area (Å²) in [6.45, 7) is 0. The van der Waals surface area contributed by atoms with Crippen molar-refractivity contribution < 1.29 is 8.42 Å². The lowest BCUT2D eigenvalue weighted by Crippen LogP contribution is -2.57. The number of rotatable bonds is 2. The number of piperidine rings is 2. The maximum absolute atomic E-state index is 11.3. The van der Waals surface area contributed by atoms with Crippen molar-refractivity contribution in [2.24, 2.45) is 5.73 Å². The molecule has 2 rings (SSSR count). The van der Waals surface area contributed by atoms with E-state index in [9.17, 15) is 8.42 Å². The number of hydrogen-bond acceptors (Lipinski definition) is 3. The van der Waals surface area contributed by atoms with Gasteiger partial charge in [0, 0.05) is 25.2 Å². The summed E-state index contributed by atoms with van der Waals surface area (Å²) in [7, 11) is -0.661. The van der Waals surface area contributed by atoms with E-state index in [0.29, 0.717) is 0 Å². The van der Waals surface area contributed by atoms with E-state index in [1.54, 1.807) is 9.21 Å². The first-order valence-corrected chi connectivity index (χ1v) is 7.13. The molecular weight excluding hydrogens is 240 g/mol. The van der Waals surface area contributed by atoms with Gasteiger partial charge >= 0.3 is 0 Å². The Hall–Kier alpha value is -0.820. The summed E-state index contributed by atoms with van der Waals surface area (Å²) in [6, 6.07) is 0.417. The Morgan fingerprint density at radius 2 is 1.88 bits per heavy atom. The molecule has 0 aromatic rings. The largest absolute Gasteiger partial charge is 0.370 e. The molecule has 0 aliphatic carbocycles. The lowest BCUT2D eigenvalue weighted by atomic mass is 9.83. The fourth-order valence-corrected chi connectivity index (χ4v) is 4.06. The Balaban J connectivity index is 2.14. The minimum atomic E-state index is -2.48. The van der Waals surface area contributed by atoms with Crippen molar-refractivity contribution in [3.05, 3.63) is 0 Å². The molecule has 0 aromatic heterocycles. The Morgan fingerprint density at radius 1 is 1.35 bits per heavy atom. The van der Waals surface area contributed by atoms with Crippen LogP contribution in [0.1, 0.15) is 32.1 Å². The van der Waals surface area contributed by atoms with Crippen LogP contribution < -0.4 is 5.73 Å². The number of nitrogens with one attached hydrogen (secondary N) is 1. The normalized spacial score (nSPS) is 33.6. The summed E-state index contributed by atoms with van der Waals surface area (Å²) in [5.41, 5.74) is 5.49. The third-order valence-corrected chi connectivity index (χ3v) is 5.06. The number of guanidine groups is 1. The zero-order valence-electron chi connectivity index (χ0n) is 10.0. The third kappa shape index (κ3) is 2.40. The van der Waals surface area contributed by atoms with E-state index in [2.05, 4.69) is 0 Å². The summed E-state index contributed by atoms with van der Waals surface area (Å²) in [5.74, 6) is 0.0630. The van der Waals surface area contributed by atoms with Crippen LogP contribution >= 0.6 is 0 Å². The Bertz CT molecular complexity index is 363. The average molecular weight is 260 g/mol. The van der Waals surface area contributed by atoms with Gasteiger partial charge in [-0.25, -0.2) is 8.42 Å². The van der Waals surface area contributed by atoms with Crippen LogP contribution in [0.3, 0.4) is 0 Å². The molecule has 0 saturated carbocycles. The smallest absolute Gasteiger partial charge is 0.204 e. The topological polar surface area (TPSA) is 90.5 Å². The molecule has 2 aliphatic heterocycles. The van der Waals surface area contributed by atoms with E-state index in [0.717, 1.165) is 32.1 Å². The maximum atomic E-state index is 11.3. The molecule has 98 valence electrons. The monoisotopic (exact) mass is 260 g/mol. The van der Waals surface area contributed by atoms with Gasteiger partial charge in [-0.1, -0.05) is 6.42 Å². The highest BCUT2D eigenvalue weighted by Crippen LogP contribution is 2.35. The van der Waals surface area contributed by atoms with E-state index in [-0.39, 0.29) is 24.1 Å². The summed E-state index contributed by atoms with van der Waals surface area (Å²) < 4.78 is 24.2. The second kappa shape index (κ2) is 4.81. The number of hydrogen-bond donors (Lipinski definition) is 3. The summed E-state index contributed by atoms with van der Waals surface area (Å²) in [4.78, 5) is 1.76. The predicted octanol–water partition coefficient (Wildman–Crippen LogP) is -0.276. The minimum Gasteiger partial charge on any atom is -0.370 e. The lowest BCUT2D eigenvalue weighted by Gasteiger charge is -2.47. The summed E-state index contributed by atoms with van der Waals surface area (Å²) >= 11 is 0. The van der Waals surface area contributed by atoms with Crippen LogP contribution in [0.4, 0.5) is 0 Å². The first-order chi connectivity index (χ1) is 8.00. The van der Waals surface area contributed by atoms with Crippen LogP contribution in [0.2, 0.25) is 0 Å². The predicted molar refractivity (Wildman–Crippen MR) is 66.3 cm³/mol. The van der Waals surface area contributed by atoms with Gasteiger partial charge in [-0.15, -0.1) is 0 Å². The van der Waals surface area contributed by atoms with Gasteiger partial charge in [0.25, 0.3) is 0 Å². The molecule has 2 bridgehead atoms. The molecule has 3 atom stereocenters. The molecule has 3 N–H and O–H groups in total. The number of nitrogens with two attached hydrogens (primary N) is 1. The van der Waals surface area contributed by atoms with Crippen molar-refractivity contribution in [2.45, 2.75) is 50.2 Å². The third-order valence-electron chi connectivity index (χ3n) is 4.03. The van der Waals surface area contributed by atoms with Gasteiger partial charge in [0.1, 0.15) is 0 Å². The SMILES string of the molecule is CN(C(=N)N)[C@@H]1C[C@H]2CCC[C@@H](C1)N2[SH](=O)=O. The molecule has 0 amide bonds. The van der Waals surface area contributed by atoms with Crippen molar-refractivity contribution in [1.82, 2.24) is 9.21 Å². The first kappa shape index (κ1) is 12.6. The van der Waals surface area contributed by atoms with Gasteiger partial charge in [0.05, 0.1) is 0 Å². The summed E-state index contributed by atoms with van der Waals surface area (Å²) in [5, 5.41) is 7.45. The van der Waals surface area contributed by atoms with Crippen LogP contribution in [0, 0.1) is 5.41 Å². The van der Waals surface area contributed by atoms with E-state index in [1.165, 1.54) is 0 Å². The molecule has 2 aliphatic rings. The van der Waals surface area contributed by atoms with Crippen molar-refractivity contribution in [2.75, 3.05) is 7.05 Å². The van der Waals surface area contributed by atoms with Crippen molar-refractivity contribution in [3.63, 3.8) is 0 Å². The standard InChI is InChI=1S/C10H20N4O2S/c1-13(10(11)12)9-5-7-3-2-4-8(6-9)14(7)17(15)16/h7-9,17H,2-6H2,1H3,(H3,11,12)/t7-,8+,9-. The minimum absolute atomic E-state index is 0.0630. The molecule has 7 heteroatoms. The summed E-state index contributed by atoms with van der Waals surface area (Å²) in [6.07, 6.45) is 4.54. The second-order valence-electron chi connectivity index (χ2n) is 4.98. The van der Waals surface area contributed by atoms with Gasteiger partial charge < -0.3 is 10.6 Å². The fraction of sp³-hybridized carbons (Fsp3) is 0.900. The van der Waals surface area contributed by atoms with Crippen molar-refractivity contribution in [3.8, 4) is 0 Å². The highest BCUT2D eigenvalue weighted by atomic mass is 32.2.